The zero-order valence-electron chi connectivity index (χ0n) is 7.31. The summed E-state index contributed by atoms with van der Waals surface area (Å²) in [6.07, 6.45) is 11.0. The zero-order valence-corrected chi connectivity index (χ0v) is 7.31. The fourth-order valence-corrected chi connectivity index (χ4v) is 0.729. The van der Waals surface area contributed by atoms with Gasteiger partial charge in [-0.3, -0.25) is 0 Å². The third kappa shape index (κ3) is 8.79. The zero-order chi connectivity index (χ0) is 9.07. The lowest BCUT2D eigenvalue weighted by molar-refractivity contribution is -0.107. The van der Waals surface area contributed by atoms with E-state index < -0.39 is 0 Å². The van der Waals surface area contributed by atoms with Gasteiger partial charge < -0.3 is 4.79 Å². The van der Waals surface area contributed by atoms with E-state index in [1.54, 1.807) is 0 Å². The van der Waals surface area contributed by atoms with E-state index in [2.05, 4.69) is 17.8 Å². The minimum absolute atomic E-state index is 0.624. The van der Waals surface area contributed by atoms with Crippen LogP contribution in [0.4, 0.5) is 0 Å². The standard InChI is InChI=1S/C11H14O/c1-2-3-4-5-6-7-8-9-10-11-12/h1,11H,3-5,8-10H2. The molecular formula is C11H14O. The number of carbonyl (C=O) groups is 1. The predicted octanol–water partition coefficient (Wildman–Crippen LogP) is 2.16. The molecule has 0 heterocycles. The van der Waals surface area contributed by atoms with E-state index >= 15 is 0 Å². The van der Waals surface area contributed by atoms with Crippen LogP contribution in [0.2, 0.25) is 0 Å². The monoisotopic (exact) mass is 162 g/mol. The highest BCUT2D eigenvalue weighted by Crippen LogP contribution is 1.93. The Balaban J connectivity index is 3.12. The summed E-state index contributed by atoms with van der Waals surface area (Å²) in [7, 11) is 0. The molecular weight excluding hydrogens is 148 g/mol. The van der Waals surface area contributed by atoms with Crippen LogP contribution < -0.4 is 0 Å². The van der Waals surface area contributed by atoms with Crippen molar-refractivity contribution in [3.8, 4) is 24.2 Å². The van der Waals surface area contributed by atoms with Gasteiger partial charge >= 0.3 is 0 Å². The van der Waals surface area contributed by atoms with Gasteiger partial charge in [-0.2, -0.15) is 0 Å². The maximum atomic E-state index is 9.91. The maximum absolute atomic E-state index is 9.91. The van der Waals surface area contributed by atoms with Gasteiger partial charge in [0, 0.05) is 25.7 Å². The second kappa shape index (κ2) is 9.79. The first-order valence-corrected chi connectivity index (χ1v) is 4.24. The summed E-state index contributed by atoms with van der Waals surface area (Å²) < 4.78 is 0. The third-order valence-electron chi connectivity index (χ3n) is 1.37. The molecule has 0 rings (SSSR count). The van der Waals surface area contributed by atoms with Gasteiger partial charge in [0.1, 0.15) is 6.29 Å². The van der Waals surface area contributed by atoms with Crippen molar-refractivity contribution in [3.63, 3.8) is 0 Å². The fourth-order valence-electron chi connectivity index (χ4n) is 0.729. The van der Waals surface area contributed by atoms with E-state index in [0.717, 1.165) is 38.4 Å². The normalized spacial score (nSPS) is 7.92. The van der Waals surface area contributed by atoms with Crippen LogP contribution in [0.15, 0.2) is 0 Å². The topological polar surface area (TPSA) is 17.1 Å². The van der Waals surface area contributed by atoms with E-state index in [1.165, 1.54) is 0 Å². The highest BCUT2D eigenvalue weighted by atomic mass is 16.1. The van der Waals surface area contributed by atoms with Crippen molar-refractivity contribution in [2.75, 3.05) is 0 Å². The van der Waals surface area contributed by atoms with Crippen LogP contribution in [0.1, 0.15) is 38.5 Å². The Labute approximate surface area is 74.5 Å². The molecule has 0 unspecified atom stereocenters. The SMILES string of the molecule is C#CCCCC#CCCCC=O. The summed E-state index contributed by atoms with van der Waals surface area (Å²) in [5, 5.41) is 0. The molecule has 0 spiro atoms. The third-order valence-corrected chi connectivity index (χ3v) is 1.37. The number of carbonyl (C=O) groups excluding carboxylic acids is 1. The van der Waals surface area contributed by atoms with Gasteiger partial charge in [-0.05, 0) is 12.8 Å². The van der Waals surface area contributed by atoms with E-state index in [0.29, 0.717) is 6.42 Å². The van der Waals surface area contributed by atoms with Crippen molar-refractivity contribution in [2.24, 2.45) is 0 Å². The van der Waals surface area contributed by atoms with E-state index in [4.69, 9.17) is 6.42 Å². The smallest absolute Gasteiger partial charge is 0.120 e. The van der Waals surface area contributed by atoms with Crippen LogP contribution >= 0.6 is 0 Å². The molecule has 0 aliphatic rings. The van der Waals surface area contributed by atoms with Crippen LogP contribution in [0.25, 0.3) is 0 Å². The number of unbranched alkanes of at least 4 members (excludes halogenated alkanes) is 4. The number of aldehydes is 1. The van der Waals surface area contributed by atoms with Gasteiger partial charge in [-0.15, -0.1) is 24.2 Å². The van der Waals surface area contributed by atoms with Crippen molar-refractivity contribution in [1.29, 1.82) is 0 Å². The van der Waals surface area contributed by atoms with Gasteiger partial charge in [-0.25, -0.2) is 0 Å². The molecule has 64 valence electrons. The van der Waals surface area contributed by atoms with Gasteiger partial charge in [0.25, 0.3) is 0 Å². The van der Waals surface area contributed by atoms with E-state index in [1.807, 2.05) is 0 Å². The van der Waals surface area contributed by atoms with Gasteiger partial charge in [0.05, 0.1) is 0 Å². The molecule has 0 N–H and O–H groups in total. The van der Waals surface area contributed by atoms with E-state index in [-0.39, 0.29) is 0 Å². The first-order chi connectivity index (χ1) is 5.91. The number of hydrogen-bond donors (Lipinski definition) is 0. The first kappa shape index (κ1) is 10.8. The molecule has 0 bridgehead atoms. The molecule has 0 radical (unpaired) electrons. The largest absolute Gasteiger partial charge is 0.303 e. The molecule has 1 heteroatoms. The summed E-state index contributed by atoms with van der Waals surface area (Å²) in [5.41, 5.74) is 0. The number of terminal acetylenes is 1. The molecule has 0 fully saturated rings. The Morgan fingerprint density at radius 3 is 2.33 bits per heavy atom. The van der Waals surface area contributed by atoms with Crippen molar-refractivity contribution < 1.29 is 4.79 Å². The number of rotatable bonds is 5. The summed E-state index contributed by atoms with van der Waals surface area (Å²) in [6.45, 7) is 0. The minimum Gasteiger partial charge on any atom is -0.303 e. The molecule has 0 aromatic heterocycles. The minimum atomic E-state index is 0.624. The molecule has 0 aromatic rings. The number of hydrogen-bond acceptors (Lipinski definition) is 1. The van der Waals surface area contributed by atoms with Crippen molar-refractivity contribution in [1.82, 2.24) is 0 Å². The second-order valence-corrected chi connectivity index (χ2v) is 2.47. The molecule has 0 aliphatic heterocycles. The van der Waals surface area contributed by atoms with E-state index in [9.17, 15) is 4.79 Å². The highest BCUT2D eigenvalue weighted by Gasteiger charge is 1.81. The predicted molar refractivity (Wildman–Crippen MR) is 50.4 cm³/mol. The molecule has 0 atom stereocenters. The van der Waals surface area contributed by atoms with Crippen LogP contribution in [0.3, 0.4) is 0 Å². The van der Waals surface area contributed by atoms with Gasteiger partial charge in [0.15, 0.2) is 0 Å². The fraction of sp³-hybridized carbons (Fsp3) is 0.545. The highest BCUT2D eigenvalue weighted by molar-refractivity contribution is 5.49. The van der Waals surface area contributed by atoms with Gasteiger partial charge in [-0.1, -0.05) is 0 Å². The quantitative estimate of drug-likeness (QED) is 0.344. The second-order valence-electron chi connectivity index (χ2n) is 2.47. The Morgan fingerprint density at radius 1 is 1.08 bits per heavy atom. The average molecular weight is 162 g/mol. The summed E-state index contributed by atoms with van der Waals surface area (Å²) in [6, 6.07) is 0. The average Bonchev–Trinajstić information content (AvgIpc) is 2.10. The summed E-state index contributed by atoms with van der Waals surface area (Å²) >= 11 is 0. The van der Waals surface area contributed by atoms with Crippen LogP contribution in [0, 0.1) is 24.2 Å². The molecule has 0 saturated heterocycles. The maximum Gasteiger partial charge on any atom is 0.120 e. The Bertz CT molecular complexity index is 199. The van der Waals surface area contributed by atoms with Crippen LogP contribution in [-0.2, 0) is 4.79 Å². The Kier molecular flexibility index (Phi) is 8.80. The van der Waals surface area contributed by atoms with Crippen LogP contribution in [0.5, 0.6) is 0 Å². The summed E-state index contributed by atoms with van der Waals surface area (Å²) in [5.74, 6) is 8.58. The van der Waals surface area contributed by atoms with Crippen molar-refractivity contribution in [3.05, 3.63) is 0 Å². The molecule has 0 aromatic carbocycles. The molecule has 0 aliphatic carbocycles. The lowest BCUT2D eigenvalue weighted by Gasteiger charge is -1.85. The molecule has 1 nitrogen and oxygen atoms in total. The van der Waals surface area contributed by atoms with Crippen molar-refractivity contribution >= 4 is 6.29 Å². The lowest BCUT2D eigenvalue weighted by Crippen LogP contribution is -1.74. The molecule has 0 amide bonds. The Hall–Kier alpha value is -1.21. The van der Waals surface area contributed by atoms with Crippen LogP contribution in [-0.4, -0.2) is 6.29 Å². The summed E-state index contributed by atoms with van der Waals surface area (Å²) in [4.78, 5) is 9.91. The molecule has 12 heavy (non-hydrogen) atoms. The van der Waals surface area contributed by atoms with Crippen molar-refractivity contribution in [2.45, 2.75) is 38.5 Å². The first-order valence-electron chi connectivity index (χ1n) is 4.24. The van der Waals surface area contributed by atoms with Gasteiger partial charge in [0.2, 0.25) is 0 Å². The Morgan fingerprint density at radius 2 is 1.75 bits per heavy atom. The lowest BCUT2D eigenvalue weighted by atomic mass is 10.2. The molecule has 0 saturated carbocycles.